The maximum absolute atomic E-state index is 13.5. The molecule has 2 aromatic rings. The molecule has 2 rings (SSSR count). The Morgan fingerprint density at radius 3 is 2.16 bits per heavy atom. The molecular weight excluding hydrogens is 247 g/mol. The summed E-state index contributed by atoms with van der Waals surface area (Å²) in [7, 11) is 3.14. The first-order valence-electron chi connectivity index (χ1n) is 5.82. The lowest BCUT2D eigenvalue weighted by Gasteiger charge is -2.09. The molecule has 0 bridgehead atoms. The molecule has 0 radical (unpaired) electrons. The van der Waals surface area contributed by atoms with Crippen molar-refractivity contribution in [1.82, 2.24) is 0 Å². The van der Waals surface area contributed by atoms with Crippen LogP contribution in [0.3, 0.4) is 0 Å². The molecule has 0 heterocycles. The fourth-order valence-electron chi connectivity index (χ4n) is 1.60. The predicted molar refractivity (Wildman–Crippen MR) is 70.3 cm³/mol. The van der Waals surface area contributed by atoms with Gasteiger partial charge in [-0.2, -0.15) is 0 Å². The minimum Gasteiger partial charge on any atom is -0.497 e. The Hall–Kier alpha value is -2.23. The zero-order valence-corrected chi connectivity index (χ0v) is 10.9. The number of hydrogen-bond donors (Lipinski definition) is 0. The average molecular weight is 262 g/mol. The highest BCUT2D eigenvalue weighted by Gasteiger charge is 2.05. The Bertz CT molecular complexity index is 538. The third kappa shape index (κ3) is 3.37. The van der Waals surface area contributed by atoms with Crippen molar-refractivity contribution in [1.29, 1.82) is 0 Å². The SMILES string of the molecule is COc1ccc(COc2cc(OC)ccc2F)cc1. The molecule has 0 aromatic heterocycles. The van der Waals surface area contributed by atoms with E-state index in [0.29, 0.717) is 5.75 Å². The Kier molecular flexibility index (Phi) is 4.23. The zero-order valence-electron chi connectivity index (χ0n) is 10.9. The molecule has 4 heteroatoms. The fraction of sp³-hybridized carbons (Fsp3) is 0.200. The Morgan fingerprint density at radius 1 is 0.895 bits per heavy atom. The van der Waals surface area contributed by atoms with Crippen LogP contribution in [-0.2, 0) is 6.61 Å². The molecule has 0 spiro atoms. The van der Waals surface area contributed by atoms with Crippen LogP contribution in [0.4, 0.5) is 4.39 Å². The van der Waals surface area contributed by atoms with Crippen LogP contribution in [0.5, 0.6) is 17.2 Å². The molecule has 0 N–H and O–H groups in total. The first kappa shape index (κ1) is 13.2. The minimum atomic E-state index is -0.408. The number of hydrogen-bond acceptors (Lipinski definition) is 3. The normalized spacial score (nSPS) is 10.1. The molecule has 0 saturated heterocycles. The number of benzene rings is 2. The predicted octanol–water partition coefficient (Wildman–Crippen LogP) is 3.42. The standard InChI is InChI=1S/C15H15FO3/c1-17-12-5-3-11(4-6-12)10-19-15-9-13(18-2)7-8-14(15)16/h3-9H,10H2,1-2H3. The smallest absolute Gasteiger partial charge is 0.165 e. The molecule has 0 aliphatic heterocycles. The fourth-order valence-corrected chi connectivity index (χ4v) is 1.60. The van der Waals surface area contributed by atoms with Crippen LogP contribution in [0.15, 0.2) is 42.5 Å². The van der Waals surface area contributed by atoms with E-state index in [2.05, 4.69) is 0 Å². The highest BCUT2D eigenvalue weighted by Crippen LogP contribution is 2.24. The molecule has 0 saturated carbocycles. The maximum Gasteiger partial charge on any atom is 0.165 e. The van der Waals surface area contributed by atoms with Gasteiger partial charge in [-0.15, -0.1) is 0 Å². The lowest BCUT2D eigenvalue weighted by Crippen LogP contribution is -1.98. The van der Waals surface area contributed by atoms with Gasteiger partial charge in [0.25, 0.3) is 0 Å². The second-order valence-electron chi connectivity index (χ2n) is 3.93. The third-order valence-corrected chi connectivity index (χ3v) is 2.69. The topological polar surface area (TPSA) is 27.7 Å². The van der Waals surface area contributed by atoms with Gasteiger partial charge in [-0.05, 0) is 29.8 Å². The van der Waals surface area contributed by atoms with Gasteiger partial charge in [-0.1, -0.05) is 12.1 Å². The second-order valence-corrected chi connectivity index (χ2v) is 3.93. The van der Waals surface area contributed by atoms with E-state index in [9.17, 15) is 4.39 Å². The first-order valence-corrected chi connectivity index (χ1v) is 5.82. The van der Waals surface area contributed by atoms with Crippen LogP contribution in [0, 0.1) is 5.82 Å². The summed E-state index contributed by atoms with van der Waals surface area (Å²) in [5, 5.41) is 0. The summed E-state index contributed by atoms with van der Waals surface area (Å²) in [6.45, 7) is 0.286. The highest BCUT2D eigenvalue weighted by molar-refractivity contribution is 5.35. The Balaban J connectivity index is 2.05. The number of methoxy groups -OCH3 is 2. The molecule has 19 heavy (non-hydrogen) atoms. The maximum atomic E-state index is 13.5. The summed E-state index contributed by atoms with van der Waals surface area (Å²) in [4.78, 5) is 0. The number of ether oxygens (including phenoxy) is 3. The zero-order chi connectivity index (χ0) is 13.7. The van der Waals surface area contributed by atoms with Crippen LogP contribution < -0.4 is 14.2 Å². The Morgan fingerprint density at radius 2 is 1.53 bits per heavy atom. The van der Waals surface area contributed by atoms with Gasteiger partial charge < -0.3 is 14.2 Å². The summed E-state index contributed by atoms with van der Waals surface area (Å²) in [5.74, 6) is 1.10. The first-order chi connectivity index (χ1) is 9.22. The summed E-state index contributed by atoms with van der Waals surface area (Å²) in [5.41, 5.74) is 0.933. The summed E-state index contributed by atoms with van der Waals surface area (Å²) < 4.78 is 29.1. The van der Waals surface area contributed by atoms with Gasteiger partial charge in [0.15, 0.2) is 11.6 Å². The van der Waals surface area contributed by atoms with E-state index in [-0.39, 0.29) is 12.4 Å². The third-order valence-electron chi connectivity index (χ3n) is 2.69. The van der Waals surface area contributed by atoms with Crippen LogP contribution in [0.2, 0.25) is 0 Å². The van der Waals surface area contributed by atoms with Crippen LogP contribution >= 0.6 is 0 Å². The van der Waals surface area contributed by atoms with Gasteiger partial charge in [0, 0.05) is 6.07 Å². The van der Waals surface area contributed by atoms with Crippen molar-refractivity contribution in [3.05, 3.63) is 53.8 Å². The van der Waals surface area contributed by atoms with Gasteiger partial charge >= 0.3 is 0 Å². The lowest BCUT2D eigenvalue weighted by atomic mass is 10.2. The van der Waals surface area contributed by atoms with Crippen molar-refractivity contribution < 1.29 is 18.6 Å². The largest absolute Gasteiger partial charge is 0.497 e. The van der Waals surface area contributed by atoms with Crippen molar-refractivity contribution in [2.45, 2.75) is 6.61 Å². The lowest BCUT2D eigenvalue weighted by molar-refractivity contribution is 0.287. The molecule has 0 aliphatic rings. The summed E-state index contributed by atoms with van der Waals surface area (Å²) in [6, 6.07) is 11.8. The summed E-state index contributed by atoms with van der Waals surface area (Å²) in [6.07, 6.45) is 0. The molecule has 0 atom stereocenters. The Labute approximate surface area is 111 Å². The van der Waals surface area contributed by atoms with Crippen molar-refractivity contribution in [2.75, 3.05) is 14.2 Å². The quantitative estimate of drug-likeness (QED) is 0.826. The molecule has 2 aromatic carbocycles. The van der Waals surface area contributed by atoms with Gasteiger partial charge in [-0.3, -0.25) is 0 Å². The number of rotatable bonds is 5. The monoisotopic (exact) mass is 262 g/mol. The van der Waals surface area contributed by atoms with Gasteiger partial charge in [0.2, 0.25) is 0 Å². The van der Waals surface area contributed by atoms with E-state index in [4.69, 9.17) is 14.2 Å². The average Bonchev–Trinajstić information content (AvgIpc) is 2.47. The van der Waals surface area contributed by atoms with Gasteiger partial charge in [0.05, 0.1) is 14.2 Å². The molecule has 100 valence electrons. The molecule has 0 fully saturated rings. The molecule has 0 aliphatic carbocycles. The minimum absolute atomic E-state index is 0.176. The van der Waals surface area contributed by atoms with Crippen LogP contribution in [0.25, 0.3) is 0 Å². The van der Waals surface area contributed by atoms with E-state index in [1.165, 1.54) is 19.2 Å². The highest BCUT2D eigenvalue weighted by atomic mass is 19.1. The molecular formula is C15H15FO3. The van der Waals surface area contributed by atoms with Crippen LogP contribution in [-0.4, -0.2) is 14.2 Å². The van der Waals surface area contributed by atoms with Gasteiger partial charge in [-0.25, -0.2) is 4.39 Å². The van der Waals surface area contributed by atoms with Crippen molar-refractivity contribution >= 4 is 0 Å². The van der Waals surface area contributed by atoms with Crippen molar-refractivity contribution in [3.8, 4) is 17.2 Å². The molecule has 0 unspecified atom stereocenters. The van der Waals surface area contributed by atoms with Gasteiger partial charge in [0.1, 0.15) is 18.1 Å². The van der Waals surface area contributed by atoms with E-state index in [1.54, 1.807) is 13.2 Å². The second kappa shape index (κ2) is 6.09. The van der Waals surface area contributed by atoms with Crippen LogP contribution in [0.1, 0.15) is 5.56 Å². The van der Waals surface area contributed by atoms with E-state index >= 15 is 0 Å². The molecule has 0 amide bonds. The van der Waals surface area contributed by atoms with Crippen molar-refractivity contribution in [2.24, 2.45) is 0 Å². The van der Waals surface area contributed by atoms with E-state index < -0.39 is 5.82 Å². The van der Waals surface area contributed by atoms with E-state index in [0.717, 1.165) is 11.3 Å². The number of halogens is 1. The van der Waals surface area contributed by atoms with Crippen molar-refractivity contribution in [3.63, 3.8) is 0 Å². The molecule has 3 nitrogen and oxygen atoms in total. The van der Waals surface area contributed by atoms with E-state index in [1.807, 2.05) is 24.3 Å². The summed E-state index contributed by atoms with van der Waals surface area (Å²) >= 11 is 0.